The van der Waals surface area contributed by atoms with E-state index in [9.17, 15) is 0 Å². The minimum absolute atomic E-state index is 0. The molecule has 0 aliphatic heterocycles. The van der Waals surface area contributed by atoms with Crippen LogP contribution in [0.1, 0.15) is 0 Å². The van der Waals surface area contributed by atoms with Crippen LogP contribution in [-0.2, 0) is 27.2 Å². The third kappa shape index (κ3) is 53.0. The number of rotatable bonds is 0. The summed E-state index contributed by atoms with van der Waals surface area (Å²) in [7, 11) is 0. The van der Waals surface area contributed by atoms with Crippen LogP contribution >= 0.6 is 0 Å². The van der Waals surface area contributed by atoms with E-state index in [0.717, 1.165) is 0 Å². The summed E-state index contributed by atoms with van der Waals surface area (Å²) in [6, 6.07) is 0. The first kappa shape index (κ1) is 15.7. The van der Waals surface area contributed by atoms with E-state index in [1.807, 2.05) is 0 Å². The molecule has 0 spiro atoms. The van der Waals surface area contributed by atoms with E-state index in [1.54, 1.807) is 16.6 Å². The maximum absolute atomic E-state index is 8.17. The van der Waals surface area contributed by atoms with Crippen molar-refractivity contribution in [3.05, 3.63) is 0 Å². The summed E-state index contributed by atoms with van der Waals surface area (Å²) in [5.74, 6) is 0. The monoisotopic (exact) mass is 206 g/mol. The predicted octanol–water partition coefficient (Wildman–Crippen LogP) is -0.943. The minimum Gasteiger partial charge on any atom is 0 e. The standard InChI is InChI=1S/2Al.H2O2.O.Rh/c;;1-2;;/h;;1-2H;;/q;+1;;;/p-1. The summed E-state index contributed by atoms with van der Waals surface area (Å²) in [5.41, 5.74) is 0. The van der Waals surface area contributed by atoms with Crippen LogP contribution in [0, 0.1) is 0 Å². The Morgan fingerprint density at radius 1 is 1.50 bits per heavy atom. The normalized spacial score (nSPS) is 3.33. The molecular weight excluding hydrogens is 205 g/mol. The van der Waals surface area contributed by atoms with Crippen LogP contribution in [0.5, 0.6) is 0 Å². The van der Waals surface area contributed by atoms with Gasteiger partial charge in [0.2, 0.25) is 0 Å². The van der Waals surface area contributed by atoms with Crippen LogP contribution in [0.15, 0.2) is 0 Å². The molecule has 34 valence electrons. The van der Waals surface area contributed by atoms with Gasteiger partial charge in [-0.05, 0) is 0 Å². The molecule has 0 heterocycles. The summed E-state index contributed by atoms with van der Waals surface area (Å²) in [6.45, 7) is 0. The molecule has 4 radical (unpaired) electrons. The minimum atomic E-state index is 0. The third-order valence-corrected chi connectivity index (χ3v) is 0. The maximum atomic E-state index is 8.17. The van der Waals surface area contributed by atoms with Crippen molar-refractivity contribution in [2.75, 3.05) is 0 Å². The topological polar surface area (TPSA) is 46.5 Å². The van der Waals surface area contributed by atoms with Gasteiger partial charge in [0.15, 0.2) is 0 Å². The largest absolute Gasteiger partial charge is 0 e. The average molecular weight is 206 g/mol. The first-order chi connectivity index (χ1) is 2.41. The third-order valence-electron chi connectivity index (χ3n) is 0. The Morgan fingerprint density at radius 3 is 1.50 bits per heavy atom. The maximum Gasteiger partial charge on any atom is 0 e. The first-order valence-electron chi connectivity index (χ1n) is 0.654. The zero-order valence-corrected chi connectivity index (χ0v) is 6.70. The van der Waals surface area contributed by atoms with E-state index in [-0.39, 0.29) is 19.5 Å². The molecule has 0 rings (SSSR count). The van der Waals surface area contributed by atoms with Gasteiger partial charge >= 0.3 is 36.7 Å². The van der Waals surface area contributed by atoms with Crippen LogP contribution in [0.2, 0.25) is 0 Å². The second-order valence-corrected chi connectivity index (χ2v) is 0.316. The molecule has 0 aliphatic carbocycles. The Morgan fingerprint density at radius 2 is 1.50 bits per heavy atom. The van der Waals surface area contributed by atoms with Crippen LogP contribution in [0.4, 0.5) is 0 Å². The number of hydrogen-bond donors (Lipinski definition) is 1. The molecule has 0 aromatic heterocycles. The molecule has 0 amide bonds. The van der Waals surface area contributed by atoms with Gasteiger partial charge in [-0.25, -0.2) is 0 Å². The SMILES string of the molecule is O[O][Al].[O]=[Al].[Rh]. The zero-order valence-electron chi connectivity index (χ0n) is 2.75. The molecule has 3 nitrogen and oxygen atoms in total. The van der Waals surface area contributed by atoms with E-state index in [2.05, 4.69) is 3.94 Å². The summed E-state index contributed by atoms with van der Waals surface area (Å²) >= 11 is 2.80. The van der Waals surface area contributed by atoms with Crippen LogP contribution in [0.3, 0.4) is 0 Å². The van der Waals surface area contributed by atoms with Gasteiger partial charge in [-0.3, -0.25) is 5.26 Å². The van der Waals surface area contributed by atoms with Crippen LogP contribution in [0.25, 0.3) is 0 Å². The van der Waals surface area contributed by atoms with E-state index in [0.29, 0.717) is 0 Å². The summed E-state index contributed by atoms with van der Waals surface area (Å²) in [5, 5.41) is 7.03. The van der Waals surface area contributed by atoms with Crippen molar-refractivity contribution in [1.29, 1.82) is 0 Å². The predicted molar refractivity (Wildman–Crippen MR) is 15.9 cm³/mol. The van der Waals surface area contributed by atoms with Gasteiger partial charge in [-0.1, -0.05) is 0 Å². The van der Waals surface area contributed by atoms with Crippen LogP contribution < -0.4 is 0 Å². The average Bonchev–Trinajstić information content (AvgIpc) is 1.46. The fraction of sp³-hybridized carbons (Fsp3) is 0. The van der Waals surface area contributed by atoms with E-state index in [4.69, 9.17) is 9.06 Å². The molecule has 0 bridgehead atoms. The Bertz CT molecular complexity index is 12.8. The quantitative estimate of drug-likeness (QED) is 0.316. The summed E-state index contributed by atoms with van der Waals surface area (Å²) in [4.78, 5) is 0. The van der Waals surface area contributed by atoms with E-state index in [1.165, 1.54) is 16.2 Å². The number of hydrogen-bond acceptors (Lipinski definition) is 3. The van der Waals surface area contributed by atoms with Crippen LogP contribution in [-0.4, -0.2) is 38.1 Å². The molecule has 0 atom stereocenters. The Kier molecular flexibility index (Phi) is 84.3. The van der Waals surface area contributed by atoms with Gasteiger partial charge in [-0.2, -0.15) is 0 Å². The molecule has 0 saturated heterocycles. The fourth-order valence-electron chi connectivity index (χ4n) is 0. The Labute approximate surface area is 65.1 Å². The van der Waals surface area contributed by atoms with Crippen molar-refractivity contribution < 1.29 is 32.5 Å². The smallest absolute Gasteiger partial charge is 0 e. The van der Waals surface area contributed by atoms with Gasteiger partial charge in [0.25, 0.3) is 0 Å². The van der Waals surface area contributed by atoms with Crippen molar-refractivity contribution in [3.63, 3.8) is 0 Å². The molecule has 6 heteroatoms. The second kappa shape index (κ2) is 32.3. The molecule has 0 unspecified atom stereocenters. The van der Waals surface area contributed by atoms with Crippen molar-refractivity contribution in [2.24, 2.45) is 0 Å². The molecular formula is HAl2O3Rh. The van der Waals surface area contributed by atoms with E-state index >= 15 is 0 Å². The van der Waals surface area contributed by atoms with Crippen molar-refractivity contribution in [1.82, 2.24) is 0 Å². The molecule has 6 heavy (non-hydrogen) atoms. The van der Waals surface area contributed by atoms with Crippen molar-refractivity contribution >= 4 is 32.8 Å². The molecule has 0 aliphatic rings. The summed E-state index contributed by atoms with van der Waals surface area (Å²) in [6.07, 6.45) is 0. The van der Waals surface area contributed by atoms with Gasteiger partial charge in [0.1, 0.15) is 0 Å². The van der Waals surface area contributed by atoms with Crippen molar-refractivity contribution in [2.45, 2.75) is 0 Å². The van der Waals surface area contributed by atoms with Gasteiger partial charge in [0, 0.05) is 19.5 Å². The van der Waals surface area contributed by atoms with Gasteiger partial charge in [0.05, 0.1) is 0 Å². The van der Waals surface area contributed by atoms with E-state index < -0.39 is 0 Å². The fourth-order valence-corrected chi connectivity index (χ4v) is 0. The van der Waals surface area contributed by atoms with Gasteiger partial charge in [-0.15, -0.1) is 0 Å². The molecule has 1 N–H and O–H groups in total. The summed E-state index contributed by atoms with van der Waals surface area (Å²) < 4.78 is 11.3. The molecule has 0 fully saturated rings. The Hall–Kier alpha value is 1.41. The molecule has 0 saturated carbocycles. The Balaban J connectivity index is -0.0000000275. The second-order valence-electron chi connectivity index (χ2n) is 0.105. The molecule has 0 aromatic rings. The molecule has 0 aromatic carbocycles. The van der Waals surface area contributed by atoms with Crippen molar-refractivity contribution in [3.8, 4) is 0 Å². The first-order valence-corrected chi connectivity index (χ1v) is 1.60. The zero-order chi connectivity index (χ0) is 4.71. The van der Waals surface area contributed by atoms with Gasteiger partial charge < -0.3 is 3.94 Å².